The number of rotatable bonds is 6. The van der Waals surface area contributed by atoms with Crippen molar-refractivity contribution in [3.05, 3.63) is 51.6 Å². The Morgan fingerprint density at radius 3 is 2.74 bits per heavy atom. The molecule has 0 fully saturated rings. The Morgan fingerprint density at radius 2 is 2.15 bits per heavy atom. The molecule has 2 N–H and O–H groups in total. The number of nitrogens with zero attached hydrogens (tertiary/aromatic N) is 1. The second-order valence-corrected chi connectivity index (χ2v) is 6.94. The van der Waals surface area contributed by atoms with Gasteiger partial charge < -0.3 is 19.9 Å². The molecule has 0 amide bonds. The summed E-state index contributed by atoms with van der Waals surface area (Å²) in [5.74, 6) is -0.317. The van der Waals surface area contributed by atoms with Gasteiger partial charge in [-0.05, 0) is 38.0 Å². The highest BCUT2D eigenvalue weighted by Crippen LogP contribution is 2.43. The molecule has 27 heavy (non-hydrogen) atoms. The molecule has 1 heterocycles. The van der Waals surface area contributed by atoms with Gasteiger partial charge in [0.25, 0.3) is 0 Å². The van der Waals surface area contributed by atoms with E-state index in [1.807, 2.05) is 13.8 Å². The first kappa shape index (κ1) is 20.7. The first-order chi connectivity index (χ1) is 12.8. The topological polar surface area (TPSA) is 94.6 Å². The smallest absolute Gasteiger partial charge is 0.338 e. The van der Waals surface area contributed by atoms with E-state index in [9.17, 15) is 10.1 Å². The second kappa shape index (κ2) is 8.83. The average molecular weight is 391 g/mol. The molecule has 0 aromatic heterocycles. The van der Waals surface area contributed by atoms with Gasteiger partial charge in [0.15, 0.2) is 0 Å². The fraction of sp³-hybridized carbons (Fsp3) is 0.400. The summed E-state index contributed by atoms with van der Waals surface area (Å²) in [6, 6.07) is 7.14. The molecule has 0 aliphatic carbocycles. The van der Waals surface area contributed by atoms with E-state index in [0.29, 0.717) is 28.9 Å². The number of benzene rings is 1. The predicted octanol–water partition coefficient (Wildman–Crippen LogP) is 4.02. The van der Waals surface area contributed by atoms with E-state index in [2.05, 4.69) is 6.07 Å². The van der Waals surface area contributed by atoms with Crippen LogP contribution in [0.1, 0.15) is 39.2 Å². The fourth-order valence-electron chi connectivity index (χ4n) is 2.80. The third-order valence-electron chi connectivity index (χ3n) is 3.96. The van der Waals surface area contributed by atoms with Gasteiger partial charge in [0, 0.05) is 10.6 Å². The molecule has 0 spiro atoms. The Morgan fingerprint density at radius 1 is 1.44 bits per heavy atom. The Bertz CT molecular complexity index is 837. The van der Waals surface area contributed by atoms with Crippen LogP contribution in [0.4, 0.5) is 0 Å². The lowest BCUT2D eigenvalue weighted by atomic mass is 9.82. The van der Waals surface area contributed by atoms with Crippen molar-refractivity contribution in [3.63, 3.8) is 0 Å². The Balaban J connectivity index is 2.66. The molecule has 0 saturated heterocycles. The van der Waals surface area contributed by atoms with Gasteiger partial charge in [-0.1, -0.05) is 25.4 Å². The SMILES string of the molecule is CCOC(=O)C1=C(C)OC(N)=C(C#N)C1c1cc(Cl)ccc1OCC(C)C. The van der Waals surface area contributed by atoms with Crippen LogP contribution in [0.3, 0.4) is 0 Å². The minimum atomic E-state index is -0.788. The van der Waals surface area contributed by atoms with Crippen LogP contribution in [0, 0.1) is 17.2 Å². The van der Waals surface area contributed by atoms with Gasteiger partial charge in [-0.15, -0.1) is 0 Å². The Kier molecular flexibility index (Phi) is 6.75. The maximum absolute atomic E-state index is 12.6. The summed E-state index contributed by atoms with van der Waals surface area (Å²) < 4.78 is 16.5. The van der Waals surface area contributed by atoms with E-state index in [0.717, 1.165) is 0 Å². The Hall–Kier alpha value is -2.65. The molecule has 1 aliphatic rings. The summed E-state index contributed by atoms with van der Waals surface area (Å²) in [5, 5.41) is 10.1. The second-order valence-electron chi connectivity index (χ2n) is 6.50. The molecule has 0 radical (unpaired) electrons. The number of nitriles is 1. The van der Waals surface area contributed by atoms with Crippen LogP contribution in [0.25, 0.3) is 0 Å². The molecule has 0 saturated carbocycles. The predicted molar refractivity (Wildman–Crippen MR) is 102 cm³/mol. The molecular formula is C20H23ClN2O4. The lowest BCUT2D eigenvalue weighted by molar-refractivity contribution is -0.139. The molecule has 0 bridgehead atoms. The molecular weight excluding hydrogens is 368 g/mol. The zero-order chi connectivity index (χ0) is 20.1. The maximum Gasteiger partial charge on any atom is 0.338 e. The van der Waals surface area contributed by atoms with Crippen molar-refractivity contribution < 1.29 is 19.0 Å². The summed E-state index contributed by atoms with van der Waals surface area (Å²) in [6.07, 6.45) is 0. The molecule has 1 aromatic carbocycles. The van der Waals surface area contributed by atoms with Gasteiger partial charge in [-0.3, -0.25) is 0 Å². The summed E-state index contributed by atoms with van der Waals surface area (Å²) in [4.78, 5) is 12.6. The monoisotopic (exact) mass is 390 g/mol. The zero-order valence-electron chi connectivity index (χ0n) is 15.8. The largest absolute Gasteiger partial charge is 0.493 e. The molecule has 1 aliphatic heterocycles. The standard InChI is InChI=1S/C20H23ClN2O4/c1-5-25-20(24)17-12(4)27-19(23)15(9-22)18(17)14-8-13(21)6-7-16(14)26-10-11(2)3/h6-8,11,18H,5,10,23H2,1-4H3. The van der Waals surface area contributed by atoms with Crippen molar-refractivity contribution in [3.8, 4) is 11.8 Å². The fourth-order valence-corrected chi connectivity index (χ4v) is 2.98. The molecule has 1 unspecified atom stereocenters. The maximum atomic E-state index is 12.6. The van der Waals surface area contributed by atoms with Gasteiger partial charge in [0.1, 0.15) is 23.2 Å². The minimum absolute atomic E-state index is 0.0529. The number of carbonyl (C=O) groups excluding carboxylic acids is 1. The lowest BCUT2D eigenvalue weighted by Gasteiger charge is -2.28. The zero-order valence-corrected chi connectivity index (χ0v) is 16.6. The highest BCUT2D eigenvalue weighted by Gasteiger charge is 2.38. The van der Waals surface area contributed by atoms with Crippen LogP contribution in [0.15, 0.2) is 41.0 Å². The molecule has 144 valence electrons. The van der Waals surface area contributed by atoms with Gasteiger partial charge in [0.2, 0.25) is 5.88 Å². The first-order valence-electron chi connectivity index (χ1n) is 8.67. The van der Waals surface area contributed by atoms with E-state index in [4.69, 9.17) is 31.5 Å². The number of carbonyl (C=O) groups is 1. The highest BCUT2D eigenvalue weighted by molar-refractivity contribution is 6.30. The van der Waals surface area contributed by atoms with Crippen molar-refractivity contribution in [2.75, 3.05) is 13.2 Å². The van der Waals surface area contributed by atoms with E-state index >= 15 is 0 Å². The quantitative estimate of drug-likeness (QED) is 0.737. The summed E-state index contributed by atoms with van der Waals surface area (Å²) in [7, 11) is 0. The number of esters is 1. The number of allylic oxidation sites excluding steroid dienone is 2. The third-order valence-corrected chi connectivity index (χ3v) is 4.19. The van der Waals surface area contributed by atoms with Crippen LogP contribution in [0.5, 0.6) is 5.75 Å². The third kappa shape index (κ3) is 4.55. The van der Waals surface area contributed by atoms with Gasteiger partial charge >= 0.3 is 5.97 Å². The van der Waals surface area contributed by atoms with E-state index in [-0.39, 0.29) is 29.4 Å². The number of nitrogens with two attached hydrogens (primary N) is 1. The highest BCUT2D eigenvalue weighted by atomic mass is 35.5. The van der Waals surface area contributed by atoms with E-state index < -0.39 is 11.9 Å². The Labute approximate surface area is 164 Å². The van der Waals surface area contributed by atoms with Crippen molar-refractivity contribution in [1.29, 1.82) is 5.26 Å². The number of halogens is 1. The first-order valence-corrected chi connectivity index (χ1v) is 9.05. The summed E-state index contributed by atoms with van der Waals surface area (Å²) in [6.45, 7) is 8.03. The number of hydrogen-bond acceptors (Lipinski definition) is 6. The van der Waals surface area contributed by atoms with Crippen molar-refractivity contribution >= 4 is 17.6 Å². The van der Waals surface area contributed by atoms with Gasteiger partial charge in [-0.2, -0.15) is 5.26 Å². The van der Waals surface area contributed by atoms with Crippen LogP contribution in [-0.4, -0.2) is 19.2 Å². The number of ether oxygens (including phenoxy) is 3. The molecule has 1 aromatic rings. The van der Waals surface area contributed by atoms with Crippen molar-refractivity contribution in [2.45, 2.75) is 33.6 Å². The van der Waals surface area contributed by atoms with Crippen LogP contribution in [-0.2, 0) is 14.3 Å². The molecule has 6 nitrogen and oxygen atoms in total. The van der Waals surface area contributed by atoms with Crippen LogP contribution < -0.4 is 10.5 Å². The van der Waals surface area contributed by atoms with Crippen LogP contribution in [0.2, 0.25) is 5.02 Å². The normalized spacial score (nSPS) is 16.9. The van der Waals surface area contributed by atoms with E-state index in [1.54, 1.807) is 32.0 Å². The minimum Gasteiger partial charge on any atom is -0.493 e. The summed E-state index contributed by atoms with van der Waals surface area (Å²) in [5.41, 5.74) is 6.81. The molecule has 7 heteroatoms. The van der Waals surface area contributed by atoms with Gasteiger partial charge in [0.05, 0.1) is 24.7 Å². The lowest BCUT2D eigenvalue weighted by Crippen LogP contribution is -2.26. The average Bonchev–Trinajstić information content (AvgIpc) is 2.60. The van der Waals surface area contributed by atoms with Crippen LogP contribution >= 0.6 is 11.6 Å². The van der Waals surface area contributed by atoms with Gasteiger partial charge in [-0.25, -0.2) is 4.79 Å². The summed E-state index contributed by atoms with van der Waals surface area (Å²) >= 11 is 6.20. The molecule has 2 rings (SSSR count). The molecule has 1 atom stereocenters. The number of hydrogen-bond donors (Lipinski definition) is 1. The van der Waals surface area contributed by atoms with Crippen molar-refractivity contribution in [1.82, 2.24) is 0 Å². The van der Waals surface area contributed by atoms with E-state index in [1.165, 1.54) is 0 Å². The van der Waals surface area contributed by atoms with Crippen molar-refractivity contribution in [2.24, 2.45) is 11.7 Å².